The Bertz CT molecular complexity index is 198. The fraction of sp³-hybridized carbons (Fsp3) is 0.500. The van der Waals surface area contributed by atoms with E-state index in [0.29, 0.717) is 0 Å². The number of carbonyl (C=O) groups excluding carboxylic acids is 1. The van der Waals surface area contributed by atoms with Crippen molar-refractivity contribution in [2.45, 2.75) is 6.42 Å². The van der Waals surface area contributed by atoms with Gasteiger partial charge in [-0.25, -0.2) is 0 Å². The summed E-state index contributed by atoms with van der Waals surface area (Å²) in [6, 6.07) is 0. The van der Waals surface area contributed by atoms with Crippen LogP contribution in [0.5, 0.6) is 0 Å². The smallest absolute Gasteiger partial charge is 0.325 e. The molecule has 0 bridgehead atoms. The molecule has 0 unspecified atom stereocenters. The second kappa shape index (κ2) is 4.87. The number of rotatable bonds is 5. The van der Waals surface area contributed by atoms with Gasteiger partial charge in [-0.15, -0.1) is 0 Å². The quantitative estimate of drug-likeness (QED) is 0.525. The minimum Gasteiger partial charge on any atom is -0.480 e. The molecule has 0 aliphatic heterocycles. The van der Waals surface area contributed by atoms with Crippen LogP contribution in [0, 0.1) is 5.92 Å². The molecule has 0 fully saturated rings. The highest BCUT2D eigenvalue weighted by atomic mass is 79.9. The predicted octanol–water partition coefficient (Wildman–Crippen LogP) is 0.126. The molecule has 0 radical (unpaired) electrons. The fourth-order valence-corrected chi connectivity index (χ4v) is 1.01. The fourth-order valence-electron chi connectivity index (χ4n) is 0.619. The third-order valence-electron chi connectivity index (χ3n) is 1.16. The largest absolute Gasteiger partial charge is 0.480 e. The van der Waals surface area contributed by atoms with Crippen molar-refractivity contribution in [1.82, 2.24) is 0 Å². The summed E-state index contributed by atoms with van der Waals surface area (Å²) in [5.74, 6) is -5.96. The lowest BCUT2D eigenvalue weighted by Gasteiger charge is -2.03. The molecule has 5 nitrogen and oxygen atoms in total. The van der Waals surface area contributed by atoms with Crippen LogP contribution < -0.4 is 0 Å². The number of carboxylic acids is 2. The molecular formula is C6H7BrO5. The Kier molecular flexibility index (Phi) is 4.50. The van der Waals surface area contributed by atoms with Crippen molar-refractivity contribution < 1.29 is 24.6 Å². The summed E-state index contributed by atoms with van der Waals surface area (Å²) in [7, 11) is 0. The van der Waals surface area contributed by atoms with Crippen LogP contribution in [0.3, 0.4) is 0 Å². The van der Waals surface area contributed by atoms with Gasteiger partial charge < -0.3 is 10.2 Å². The van der Waals surface area contributed by atoms with Crippen LogP contribution in [0.15, 0.2) is 0 Å². The van der Waals surface area contributed by atoms with E-state index in [9.17, 15) is 14.4 Å². The molecular weight excluding hydrogens is 232 g/mol. The Morgan fingerprint density at radius 1 is 1.17 bits per heavy atom. The van der Waals surface area contributed by atoms with Crippen molar-refractivity contribution in [3.05, 3.63) is 0 Å². The first-order valence-corrected chi connectivity index (χ1v) is 4.17. The Balaban J connectivity index is 4.41. The summed E-state index contributed by atoms with van der Waals surface area (Å²) in [6.45, 7) is 0. The van der Waals surface area contributed by atoms with Crippen molar-refractivity contribution in [3.63, 3.8) is 0 Å². The monoisotopic (exact) mass is 238 g/mol. The van der Waals surface area contributed by atoms with Gasteiger partial charge in [-0.3, -0.25) is 14.4 Å². The van der Waals surface area contributed by atoms with E-state index in [2.05, 4.69) is 15.9 Å². The maximum absolute atomic E-state index is 10.8. The number of halogens is 1. The van der Waals surface area contributed by atoms with E-state index in [1.54, 1.807) is 0 Å². The van der Waals surface area contributed by atoms with Crippen molar-refractivity contribution >= 4 is 33.7 Å². The molecule has 0 saturated carbocycles. The summed E-state index contributed by atoms with van der Waals surface area (Å²) in [5, 5.41) is 16.9. The molecule has 2 N–H and O–H groups in total. The highest BCUT2D eigenvalue weighted by Gasteiger charge is 2.32. The van der Waals surface area contributed by atoms with E-state index in [-0.39, 0.29) is 11.8 Å². The van der Waals surface area contributed by atoms with E-state index in [1.165, 1.54) is 0 Å². The Morgan fingerprint density at radius 2 is 1.58 bits per heavy atom. The molecule has 0 aliphatic carbocycles. The van der Waals surface area contributed by atoms with Gasteiger partial charge in [-0.05, 0) is 0 Å². The van der Waals surface area contributed by atoms with Gasteiger partial charge in [0.15, 0.2) is 5.78 Å². The number of carboxylic acid groups (broad SMARTS) is 2. The van der Waals surface area contributed by atoms with Crippen molar-refractivity contribution in [1.29, 1.82) is 0 Å². The van der Waals surface area contributed by atoms with Crippen LogP contribution in [-0.4, -0.2) is 33.3 Å². The summed E-state index contributed by atoms with van der Waals surface area (Å²) >= 11 is 2.91. The minimum absolute atomic E-state index is 0.0940. The molecule has 0 atom stereocenters. The zero-order valence-electron chi connectivity index (χ0n) is 5.99. The Labute approximate surface area is 76.5 Å². The summed E-state index contributed by atoms with van der Waals surface area (Å²) < 4.78 is 0. The third-order valence-corrected chi connectivity index (χ3v) is 1.55. The number of ketones is 1. The molecule has 0 aliphatic rings. The number of carbonyl (C=O) groups is 3. The topological polar surface area (TPSA) is 91.7 Å². The molecule has 0 aromatic heterocycles. The molecule has 0 rings (SSSR count). The van der Waals surface area contributed by atoms with Crippen LogP contribution in [0.1, 0.15) is 6.42 Å². The van der Waals surface area contributed by atoms with Crippen LogP contribution in [0.2, 0.25) is 0 Å². The van der Waals surface area contributed by atoms with E-state index >= 15 is 0 Å². The zero-order valence-corrected chi connectivity index (χ0v) is 7.57. The van der Waals surface area contributed by atoms with Gasteiger partial charge in [-0.2, -0.15) is 0 Å². The number of hydrogen-bond donors (Lipinski definition) is 2. The van der Waals surface area contributed by atoms with Crippen LogP contribution in [0.4, 0.5) is 0 Å². The maximum atomic E-state index is 10.8. The predicted molar refractivity (Wildman–Crippen MR) is 42.2 cm³/mol. The first kappa shape index (κ1) is 11.1. The molecule has 6 heteroatoms. The minimum atomic E-state index is -1.93. The highest BCUT2D eigenvalue weighted by molar-refractivity contribution is 9.09. The summed E-state index contributed by atoms with van der Waals surface area (Å²) in [5.41, 5.74) is 0. The first-order chi connectivity index (χ1) is 5.50. The highest BCUT2D eigenvalue weighted by Crippen LogP contribution is 2.04. The average molecular weight is 239 g/mol. The van der Waals surface area contributed by atoms with Crippen LogP contribution in [-0.2, 0) is 14.4 Å². The summed E-state index contributed by atoms with van der Waals surface area (Å²) in [4.78, 5) is 31.3. The lowest BCUT2D eigenvalue weighted by atomic mass is 10.0. The van der Waals surface area contributed by atoms with Gasteiger partial charge in [0.25, 0.3) is 0 Å². The zero-order chi connectivity index (χ0) is 9.72. The molecule has 0 spiro atoms. The second-order valence-electron chi connectivity index (χ2n) is 2.01. The van der Waals surface area contributed by atoms with Gasteiger partial charge in [0.05, 0.1) is 0 Å². The molecule has 0 aromatic rings. The molecule has 12 heavy (non-hydrogen) atoms. The third kappa shape index (κ3) is 3.00. The van der Waals surface area contributed by atoms with E-state index < -0.39 is 23.6 Å². The molecule has 0 saturated heterocycles. The average Bonchev–Trinajstić information content (AvgIpc) is 1.85. The molecule has 0 heterocycles. The van der Waals surface area contributed by atoms with Crippen molar-refractivity contribution in [2.24, 2.45) is 5.92 Å². The van der Waals surface area contributed by atoms with E-state index in [0.717, 1.165) is 0 Å². The van der Waals surface area contributed by atoms with Gasteiger partial charge in [0.1, 0.15) is 0 Å². The number of aliphatic carboxylic acids is 2. The number of hydrogen-bond acceptors (Lipinski definition) is 3. The van der Waals surface area contributed by atoms with Crippen LogP contribution >= 0.6 is 15.9 Å². The van der Waals surface area contributed by atoms with E-state index in [4.69, 9.17) is 10.2 Å². The Hall–Kier alpha value is -0.910. The first-order valence-electron chi connectivity index (χ1n) is 3.05. The van der Waals surface area contributed by atoms with Crippen LogP contribution in [0.25, 0.3) is 0 Å². The normalized spacial score (nSPS) is 9.83. The molecule has 0 aromatic carbocycles. The Morgan fingerprint density at radius 3 is 1.83 bits per heavy atom. The lowest BCUT2D eigenvalue weighted by molar-refractivity contribution is -0.157. The molecule has 68 valence electrons. The van der Waals surface area contributed by atoms with E-state index in [1.807, 2.05) is 0 Å². The van der Waals surface area contributed by atoms with Gasteiger partial charge in [0, 0.05) is 11.8 Å². The maximum Gasteiger partial charge on any atom is 0.325 e. The standard InChI is InChI=1S/C6H7BrO5/c7-2-1-3(8)4(5(9)10)6(11)12/h4H,1-2H2,(H,9,10)(H,11,12). The van der Waals surface area contributed by atoms with Gasteiger partial charge >= 0.3 is 11.9 Å². The van der Waals surface area contributed by atoms with Gasteiger partial charge in [-0.1, -0.05) is 15.9 Å². The second-order valence-corrected chi connectivity index (χ2v) is 2.81. The molecule has 0 amide bonds. The SMILES string of the molecule is O=C(O)C(C(=O)O)C(=O)CCBr. The number of alkyl halides is 1. The lowest BCUT2D eigenvalue weighted by Crippen LogP contribution is -2.31. The summed E-state index contributed by atoms with van der Waals surface area (Å²) in [6.07, 6.45) is -0.0940. The number of Topliss-reactive ketones (excluding diaryl/α,β-unsaturated/α-hetero) is 1. The van der Waals surface area contributed by atoms with Crippen molar-refractivity contribution in [2.75, 3.05) is 5.33 Å². The van der Waals surface area contributed by atoms with Gasteiger partial charge in [0.2, 0.25) is 5.92 Å². The van der Waals surface area contributed by atoms with Crippen molar-refractivity contribution in [3.8, 4) is 0 Å².